The van der Waals surface area contributed by atoms with Crippen molar-refractivity contribution in [1.29, 1.82) is 0 Å². The van der Waals surface area contributed by atoms with Crippen LogP contribution >= 0.6 is 11.6 Å². The lowest BCUT2D eigenvalue weighted by Crippen LogP contribution is -2.52. The summed E-state index contributed by atoms with van der Waals surface area (Å²) in [7, 11) is 3.67. The first-order chi connectivity index (χ1) is 19.9. The van der Waals surface area contributed by atoms with Crippen molar-refractivity contribution in [3.8, 4) is 0 Å². The number of likely N-dealkylation sites (tertiary alicyclic amines) is 1. The highest BCUT2D eigenvalue weighted by molar-refractivity contribution is 6.31. The lowest BCUT2D eigenvalue weighted by atomic mass is 10.0. The number of pyridine rings is 1. The van der Waals surface area contributed by atoms with Gasteiger partial charge in [0.15, 0.2) is 0 Å². The van der Waals surface area contributed by atoms with Gasteiger partial charge in [0.2, 0.25) is 0 Å². The molecule has 0 spiro atoms. The third-order valence-corrected chi connectivity index (χ3v) is 8.69. The normalized spacial score (nSPS) is 21.6. The second-order valence-corrected chi connectivity index (χ2v) is 11.8. The summed E-state index contributed by atoms with van der Waals surface area (Å²) in [6.07, 6.45) is -2.28. The van der Waals surface area contributed by atoms with E-state index in [9.17, 15) is 22.4 Å². The highest BCUT2D eigenvalue weighted by Crippen LogP contribution is 2.34. The average Bonchev–Trinajstić information content (AvgIpc) is 3.37. The number of hydrogen-bond donors (Lipinski definition) is 0. The number of rotatable bonds is 6. The molecule has 2 fully saturated rings. The van der Waals surface area contributed by atoms with Crippen LogP contribution in [0, 0.1) is 12.7 Å². The molecule has 13 heteroatoms. The van der Waals surface area contributed by atoms with Gasteiger partial charge in [0.25, 0.3) is 5.91 Å². The van der Waals surface area contributed by atoms with Crippen LogP contribution < -0.4 is 9.91 Å². The Morgan fingerprint density at radius 2 is 1.76 bits per heavy atom. The van der Waals surface area contributed by atoms with Crippen LogP contribution in [0.3, 0.4) is 0 Å². The summed E-state index contributed by atoms with van der Waals surface area (Å²) < 4.78 is 54.8. The Morgan fingerprint density at radius 1 is 1.07 bits per heavy atom. The van der Waals surface area contributed by atoms with Crippen LogP contribution in [0.2, 0.25) is 5.02 Å². The van der Waals surface area contributed by atoms with E-state index < -0.39 is 29.5 Å². The predicted octanol–water partition coefficient (Wildman–Crippen LogP) is 4.51. The summed E-state index contributed by atoms with van der Waals surface area (Å²) in [5.74, 6) is -1.08. The number of hydrazone groups is 1. The van der Waals surface area contributed by atoms with Gasteiger partial charge in [-0.25, -0.2) is 14.4 Å². The number of aromatic nitrogens is 1. The van der Waals surface area contributed by atoms with E-state index in [0.29, 0.717) is 24.0 Å². The quantitative estimate of drug-likeness (QED) is 0.450. The van der Waals surface area contributed by atoms with Crippen molar-refractivity contribution in [2.45, 2.75) is 44.4 Å². The zero-order valence-corrected chi connectivity index (χ0v) is 24.8. The number of piperidine rings is 1. The molecule has 0 N–H and O–H groups in total. The van der Waals surface area contributed by atoms with Crippen LogP contribution in [0.1, 0.15) is 30.5 Å². The van der Waals surface area contributed by atoms with E-state index >= 15 is 0 Å². The Labute approximate surface area is 248 Å². The second kappa shape index (κ2) is 12.4. The number of alkyl halides is 3. The van der Waals surface area contributed by atoms with Crippen LogP contribution in [0.5, 0.6) is 0 Å². The molecule has 228 valence electrons. The Bertz CT molecular complexity index is 1320. The number of anilines is 2. The summed E-state index contributed by atoms with van der Waals surface area (Å²) in [6, 6.07) is 5.45. The van der Waals surface area contributed by atoms with Gasteiger partial charge in [0.05, 0.1) is 16.3 Å². The van der Waals surface area contributed by atoms with Crippen molar-refractivity contribution in [2.75, 3.05) is 69.8 Å². The van der Waals surface area contributed by atoms with E-state index in [1.54, 1.807) is 0 Å². The molecule has 0 bridgehead atoms. The predicted molar refractivity (Wildman–Crippen MR) is 156 cm³/mol. The molecule has 1 aromatic carbocycles. The molecule has 3 aliphatic heterocycles. The fourth-order valence-corrected chi connectivity index (χ4v) is 6.11. The molecule has 4 heterocycles. The molecule has 5 rings (SSSR count). The maximum atomic E-state index is 13.8. The largest absolute Gasteiger partial charge is 0.416 e. The maximum absolute atomic E-state index is 13.8. The standard InChI is InChI=1S/C29H36ClF4N7O/c1-19-14-20(29(32,33)34)15-27(35-19)41-26(28(42)38(3)23-4-5-25(31)24(30)17-23)16-21(36-41)18-39-8-6-22(7-9-39)40-12-10-37(2)11-13-40/h4-5,14-15,17,22,26H,6-13,16,18H2,1-3H3. The third-order valence-electron chi connectivity index (χ3n) is 8.40. The van der Waals surface area contributed by atoms with Crippen molar-refractivity contribution in [3.05, 3.63) is 52.4 Å². The minimum Gasteiger partial charge on any atom is -0.314 e. The molecule has 2 aromatic rings. The Balaban J connectivity index is 1.35. The maximum Gasteiger partial charge on any atom is 0.416 e. The monoisotopic (exact) mass is 609 g/mol. The van der Waals surface area contributed by atoms with Gasteiger partial charge in [0, 0.05) is 76.7 Å². The average molecular weight is 610 g/mol. The van der Waals surface area contributed by atoms with E-state index in [-0.39, 0.29) is 23.0 Å². The molecule has 0 aliphatic carbocycles. The van der Waals surface area contributed by atoms with Gasteiger partial charge >= 0.3 is 6.18 Å². The van der Waals surface area contributed by atoms with E-state index in [0.717, 1.165) is 64.2 Å². The van der Waals surface area contributed by atoms with E-state index in [2.05, 4.69) is 31.8 Å². The molecule has 1 amide bonds. The smallest absolute Gasteiger partial charge is 0.314 e. The van der Waals surface area contributed by atoms with Crippen molar-refractivity contribution < 1.29 is 22.4 Å². The lowest BCUT2D eigenvalue weighted by molar-refractivity contribution is -0.137. The Morgan fingerprint density at radius 3 is 2.40 bits per heavy atom. The third kappa shape index (κ3) is 6.88. The van der Waals surface area contributed by atoms with Crippen LogP contribution in [-0.4, -0.2) is 103 Å². The molecule has 2 saturated heterocycles. The van der Waals surface area contributed by atoms with E-state index in [4.69, 9.17) is 11.6 Å². The summed E-state index contributed by atoms with van der Waals surface area (Å²) in [5.41, 5.74) is 0.372. The number of hydrogen-bond acceptors (Lipinski definition) is 7. The minimum absolute atomic E-state index is 0.0463. The number of aryl methyl sites for hydroxylation is 1. The van der Waals surface area contributed by atoms with Gasteiger partial charge in [-0.1, -0.05) is 11.6 Å². The summed E-state index contributed by atoms with van der Waals surface area (Å²) >= 11 is 5.95. The van der Waals surface area contributed by atoms with Gasteiger partial charge in [-0.2, -0.15) is 18.3 Å². The molecule has 3 aliphatic rings. The highest BCUT2D eigenvalue weighted by atomic mass is 35.5. The number of piperazine rings is 1. The van der Waals surface area contributed by atoms with Crippen molar-refractivity contribution in [1.82, 2.24) is 19.7 Å². The number of amides is 1. The number of carbonyl (C=O) groups is 1. The number of likely N-dealkylation sites (N-methyl/N-ethyl adjacent to an activating group) is 2. The molecule has 42 heavy (non-hydrogen) atoms. The van der Waals surface area contributed by atoms with Crippen LogP contribution in [0.15, 0.2) is 35.4 Å². The first kappa shape index (κ1) is 30.7. The van der Waals surface area contributed by atoms with Crippen LogP contribution in [0.25, 0.3) is 0 Å². The van der Waals surface area contributed by atoms with Gasteiger partial charge in [0.1, 0.15) is 17.7 Å². The molecule has 1 unspecified atom stereocenters. The van der Waals surface area contributed by atoms with Crippen molar-refractivity contribution in [2.24, 2.45) is 5.10 Å². The number of nitrogens with zero attached hydrogens (tertiary/aromatic N) is 7. The number of halogens is 5. The number of benzene rings is 1. The molecular weight excluding hydrogens is 574 g/mol. The number of carbonyl (C=O) groups excluding carboxylic acids is 1. The van der Waals surface area contributed by atoms with Crippen molar-refractivity contribution >= 4 is 34.7 Å². The zero-order valence-electron chi connectivity index (χ0n) is 24.0. The van der Waals surface area contributed by atoms with Gasteiger partial charge < -0.3 is 9.80 Å². The van der Waals surface area contributed by atoms with E-state index in [1.807, 2.05) is 0 Å². The summed E-state index contributed by atoms with van der Waals surface area (Å²) in [6.45, 7) is 8.04. The lowest BCUT2D eigenvalue weighted by Gasteiger charge is -2.42. The van der Waals surface area contributed by atoms with E-state index in [1.165, 1.54) is 42.1 Å². The summed E-state index contributed by atoms with van der Waals surface area (Å²) in [4.78, 5) is 26.6. The molecular formula is C29H36ClF4N7O. The Kier molecular flexibility index (Phi) is 9.08. The topological polar surface area (TPSA) is 58.5 Å². The SMILES string of the molecule is Cc1cc(C(F)(F)F)cc(N2N=C(CN3CCC(N4CCN(C)CC4)CC3)CC2C(=O)N(C)c2ccc(F)c(Cl)c2)n1. The highest BCUT2D eigenvalue weighted by Gasteiger charge is 2.39. The van der Waals surface area contributed by atoms with Gasteiger partial charge in [-0.05, 0) is 57.1 Å². The second-order valence-electron chi connectivity index (χ2n) is 11.4. The zero-order chi connectivity index (χ0) is 30.2. The molecule has 0 saturated carbocycles. The first-order valence-corrected chi connectivity index (χ1v) is 14.6. The van der Waals surface area contributed by atoms with Gasteiger partial charge in [-0.15, -0.1) is 0 Å². The molecule has 1 aromatic heterocycles. The van der Waals surface area contributed by atoms with Crippen LogP contribution in [0.4, 0.5) is 29.1 Å². The molecule has 1 atom stereocenters. The van der Waals surface area contributed by atoms with Crippen LogP contribution in [-0.2, 0) is 11.0 Å². The Hall–Kier alpha value is -2.80. The first-order valence-electron chi connectivity index (χ1n) is 14.2. The fraction of sp³-hybridized carbons (Fsp3) is 0.552. The summed E-state index contributed by atoms with van der Waals surface area (Å²) in [5, 5.41) is 5.84. The molecule has 8 nitrogen and oxygen atoms in total. The molecule has 0 radical (unpaired) electrons. The van der Waals surface area contributed by atoms with Gasteiger partial charge in [-0.3, -0.25) is 14.6 Å². The fourth-order valence-electron chi connectivity index (χ4n) is 5.94. The minimum atomic E-state index is -4.58. The van der Waals surface area contributed by atoms with Crippen molar-refractivity contribution in [3.63, 3.8) is 0 Å².